The first-order chi connectivity index (χ1) is 9.70. The van der Waals surface area contributed by atoms with Crippen LogP contribution in [0, 0.1) is 0 Å². The molecule has 0 aliphatic heterocycles. The van der Waals surface area contributed by atoms with Crippen molar-refractivity contribution in [2.75, 3.05) is 24.1 Å². The second kappa shape index (κ2) is 6.95. The van der Waals surface area contributed by atoms with E-state index in [0.29, 0.717) is 23.0 Å². The van der Waals surface area contributed by atoms with Crippen LogP contribution in [0.3, 0.4) is 0 Å². The molecule has 1 amide bonds. The van der Waals surface area contributed by atoms with Gasteiger partial charge < -0.3 is 20.8 Å². The van der Waals surface area contributed by atoms with Crippen LogP contribution in [-0.4, -0.2) is 24.0 Å². The van der Waals surface area contributed by atoms with E-state index in [1.807, 2.05) is 12.1 Å². The molecule has 0 aliphatic carbocycles. The summed E-state index contributed by atoms with van der Waals surface area (Å²) in [7, 11) is 0. The largest absolute Gasteiger partial charge is 0.469 e. The van der Waals surface area contributed by atoms with Gasteiger partial charge in [-0.2, -0.15) is 0 Å². The highest BCUT2D eigenvalue weighted by Gasteiger charge is 2.15. The van der Waals surface area contributed by atoms with Crippen molar-refractivity contribution >= 4 is 28.2 Å². The number of anilines is 2. The van der Waals surface area contributed by atoms with Gasteiger partial charge in [-0.1, -0.05) is 18.3 Å². The summed E-state index contributed by atoms with van der Waals surface area (Å²) in [6, 6.07) is 3.70. The summed E-state index contributed by atoms with van der Waals surface area (Å²) in [6.45, 7) is 3.38. The first-order valence-corrected chi connectivity index (χ1v) is 7.33. The molecule has 0 aromatic carbocycles. The first-order valence-electron chi connectivity index (χ1n) is 6.51. The molecule has 0 unspecified atom stereocenters. The normalized spacial score (nSPS) is 10.4. The molecule has 2 rings (SSSR count). The van der Waals surface area contributed by atoms with Crippen molar-refractivity contribution in [3.8, 4) is 0 Å². The van der Waals surface area contributed by atoms with Crippen molar-refractivity contribution in [1.29, 1.82) is 0 Å². The van der Waals surface area contributed by atoms with Crippen molar-refractivity contribution < 1.29 is 9.21 Å². The van der Waals surface area contributed by atoms with E-state index in [9.17, 15) is 4.79 Å². The minimum absolute atomic E-state index is 0.198. The van der Waals surface area contributed by atoms with Gasteiger partial charge in [0, 0.05) is 19.5 Å². The highest BCUT2D eigenvalue weighted by Crippen LogP contribution is 2.24. The smallest absolute Gasteiger partial charge is 0.265 e. The van der Waals surface area contributed by atoms with E-state index in [0.717, 1.165) is 18.7 Å². The minimum atomic E-state index is -0.198. The highest BCUT2D eigenvalue weighted by molar-refractivity contribution is 7.18. The summed E-state index contributed by atoms with van der Waals surface area (Å²) < 4.78 is 5.20. The standard InChI is InChI=1S/C13H18N4O2S/c1-2-6-16-13-17-11(14)10(20-13)12(18)15-7-5-9-4-3-8-19-9/h3-4,8H,2,5-7,14H2,1H3,(H,15,18)(H,16,17). The molecule has 0 aliphatic rings. The maximum Gasteiger partial charge on any atom is 0.265 e. The van der Waals surface area contributed by atoms with Crippen LogP contribution in [0.2, 0.25) is 0 Å². The van der Waals surface area contributed by atoms with Crippen LogP contribution >= 0.6 is 11.3 Å². The van der Waals surface area contributed by atoms with Gasteiger partial charge in [0.05, 0.1) is 6.26 Å². The highest BCUT2D eigenvalue weighted by atomic mass is 32.1. The van der Waals surface area contributed by atoms with Gasteiger partial charge in [0.1, 0.15) is 16.5 Å². The van der Waals surface area contributed by atoms with Gasteiger partial charge in [-0.25, -0.2) is 4.98 Å². The predicted octanol–water partition coefficient (Wildman–Crippen LogP) is 2.11. The third-order valence-electron chi connectivity index (χ3n) is 2.62. The van der Waals surface area contributed by atoms with Crippen molar-refractivity contribution in [2.45, 2.75) is 19.8 Å². The van der Waals surface area contributed by atoms with Gasteiger partial charge in [-0.3, -0.25) is 4.79 Å². The van der Waals surface area contributed by atoms with Crippen LogP contribution in [0.5, 0.6) is 0 Å². The molecule has 2 heterocycles. The number of hydrogen-bond donors (Lipinski definition) is 3. The number of nitrogens with zero attached hydrogens (tertiary/aromatic N) is 1. The number of nitrogen functional groups attached to an aromatic ring is 1. The Morgan fingerprint density at radius 1 is 1.50 bits per heavy atom. The number of hydrogen-bond acceptors (Lipinski definition) is 6. The summed E-state index contributed by atoms with van der Waals surface area (Å²) in [4.78, 5) is 16.6. The van der Waals surface area contributed by atoms with E-state index in [4.69, 9.17) is 10.2 Å². The number of carbonyl (C=O) groups is 1. The molecule has 0 saturated carbocycles. The third-order valence-corrected chi connectivity index (χ3v) is 3.65. The second-order valence-electron chi connectivity index (χ2n) is 4.25. The maximum atomic E-state index is 12.0. The molecule has 4 N–H and O–H groups in total. The van der Waals surface area contributed by atoms with Gasteiger partial charge in [-0.05, 0) is 18.6 Å². The van der Waals surface area contributed by atoms with E-state index >= 15 is 0 Å². The molecule has 0 radical (unpaired) electrons. The van der Waals surface area contributed by atoms with E-state index in [1.165, 1.54) is 11.3 Å². The van der Waals surface area contributed by atoms with Crippen LogP contribution in [0.15, 0.2) is 22.8 Å². The number of rotatable bonds is 7. The zero-order chi connectivity index (χ0) is 14.4. The molecule has 7 heteroatoms. The van der Waals surface area contributed by atoms with E-state index in [2.05, 4.69) is 22.5 Å². The van der Waals surface area contributed by atoms with Crippen molar-refractivity contribution in [3.05, 3.63) is 29.0 Å². The van der Waals surface area contributed by atoms with Crippen LogP contribution in [-0.2, 0) is 6.42 Å². The number of amides is 1. The van der Waals surface area contributed by atoms with Crippen LogP contribution in [0.25, 0.3) is 0 Å². The molecule has 2 aromatic heterocycles. The molecule has 20 heavy (non-hydrogen) atoms. The first kappa shape index (κ1) is 14.4. The second-order valence-corrected chi connectivity index (χ2v) is 5.24. The monoisotopic (exact) mass is 294 g/mol. The molecule has 0 bridgehead atoms. The topological polar surface area (TPSA) is 93.2 Å². The fourth-order valence-electron chi connectivity index (χ4n) is 1.64. The molecule has 0 fully saturated rings. The Balaban J connectivity index is 1.86. The van der Waals surface area contributed by atoms with Gasteiger partial charge in [0.25, 0.3) is 5.91 Å². The summed E-state index contributed by atoms with van der Waals surface area (Å²) in [5, 5.41) is 6.61. The number of nitrogens with two attached hydrogens (primary N) is 1. The summed E-state index contributed by atoms with van der Waals surface area (Å²) in [5.41, 5.74) is 5.76. The molecule has 2 aromatic rings. The summed E-state index contributed by atoms with van der Waals surface area (Å²) in [5.74, 6) is 0.910. The molecular formula is C13H18N4O2S. The molecule has 6 nitrogen and oxygen atoms in total. The lowest BCUT2D eigenvalue weighted by atomic mass is 10.3. The van der Waals surface area contributed by atoms with E-state index in [1.54, 1.807) is 6.26 Å². The fourth-order valence-corrected chi connectivity index (χ4v) is 2.46. The Hall–Kier alpha value is -2.02. The summed E-state index contributed by atoms with van der Waals surface area (Å²) >= 11 is 1.27. The molecule has 0 spiro atoms. The number of aromatic nitrogens is 1. The number of nitrogens with one attached hydrogen (secondary N) is 2. The molecule has 0 atom stereocenters. The van der Waals surface area contributed by atoms with Crippen molar-refractivity contribution in [1.82, 2.24) is 10.3 Å². The SMILES string of the molecule is CCCNc1nc(N)c(C(=O)NCCc2ccco2)s1. The van der Waals surface area contributed by atoms with Crippen molar-refractivity contribution in [3.63, 3.8) is 0 Å². The predicted molar refractivity (Wildman–Crippen MR) is 80.1 cm³/mol. The third kappa shape index (κ3) is 3.74. The lowest BCUT2D eigenvalue weighted by molar-refractivity contribution is 0.0958. The van der Waals surface area contributed by atoms with Crippen LogP contribution in [0.1, 0.15) is 28.8 Å². The molecule has 108 valence electrons. The Morgan fingerprint density at radius 2 is 2.35 bits per heavy atom. The van der Waals surface area contributed by atoms with Gasteiger partial charge in [0.15, 0.2) is 5.13 Å². The summed E-state index contributed by atoms with van der Waals surface area (Å²) in [6.07, 6.45) is 3.26. The minimum Gasteiger partial charge on any atom is -0.469 e. The van der Waals surface area contributed by atoms with Gasteiger partial charge >= 0.3 is 0 Å². The van der Waals surface area contributed by atoms with Crippen LogP contribution in [0.4, 0.5) is 10.9 Å². The number of furan rings is 1. The molecular weight excluding hydrogens is 276 g/mol. The lowest BCUT2D eigenvalue weighted by Gasteiger charge is -2.02. The van der Waals surface area contributed by atoms with Gasteiger partial charge in [-0.15, -0.1) is 0 Å². The lowest BCUT2D eigenvalue weighted by Crippen LogP contribution is -2.25. The maximum absolute atomic E-state index is 12.0. The van der Waals surface area contributed by atoms with E-state index < -0.39 is 0 Å². The fraction of sp³-hybridized carbons (Fsp3) is 0.385. The quantitative estimate of drug-likeness (QED) is 0.727. The van der Waals surface area contributed by atoms with Gasteiger partial charge in [0.2, 0.25) is 0 Å². The van der Waals surface area contributed by atoms with Crippen molar-refractivity contribution in [2.24, 2.45) is 0 Å². The van der Waals surface area contributed by atoms with E-state index in [-0.39, 0.29) is 11.7 Å². The number of carbonyl (C=O) groups excluding carboxylic acids is 1. The Kier molecular flexibility index (Phi) is 5.00. The zero-order valence-corrected chi connectivity index (χ0v) is 12.1. The average molecular weight is 294 g/mol. The number of thiazole rings is 1. The molecule has 0 saturated heterocycles. The Bertz CT molecular complexity index is 551. The Morgan fingerprint density at radius 3 is 3.05 bits per heavy atom. The average Bonchev–Trinajstić information content (AvgIpc) is 3.06. The van der Waals surface area contributed by atoms with Crippen LogP contribution < -0.4 is 16.4 Å². The zero-order valence-electron chi connectivity index (χ0n) is 11.3. The Labute approximate surface area is 121 Å².